The van der Waals surface area contributed by atoms with Crippen molar-refractivity contribution in [2.24, 2.45) is 23.9 Å². The standard InChI is InChI=1S/C19H31N5/c1-20-19(22-18-10-17(18)14-6-4-3-5-7-14)24-9-8-15(13-24)16-11-21-23(2)12-16/h11-12,14-15,17-18H,3-10,13H2,1-2H3,(H,20,22)/t15-,17+,18+/m0/s1. The molecule has 0 amide bonds. The van der Waals surface area contributed by atoms with E-state index in [0.717, 1.165) is 30.9 Å². The molecule has 1 aromatic rings. The predicted octanol–water partition coefficient (Wildman–Crippen LogP) is 2.75. The van der Waals surface area contributed by atoms with Gasteiger partial charge in [0.05, 0.1) is 6.20 Å². The number of nitrogens with one attached hydrogen (secondary N) is 1. The molecule has 2 heterocycles. The highest BCUT2D eigenvalue weighted by Gasteiger charge is 2.44. The molecule has 1 aromatic heterocycles. The van der Waals surface area contributed by atoms with E-state index >= 15 is 0 Å². The maximum absolute atomic E-state index is 4.57. The molecule has 0 bridgehead atoms. The van der Waals surface area contributed by atoms with Crippen molar-refractivity contribution >= 4 is 5.96 Å². The van der Waals surface area contributed by atoms with Crippen molar-refractivity contribution in [1.29, 1.82) is 0 Å². The molecule has 3 aliphatic rings. The van der Waals surface area contributed by atoms with E-state index in [9.17, 15) is 0 Å². The summed E-state index contributed by atoms with van der Waals surface area (Å²) < 4.78 is 1.91. The van der Waals surface area contributed by atoms with Crippen LogP contribution in [0.25, 0.3) is 0 Å². The van der Waals surface area contributed by atoms with Gasteiger partial charge >= 0.3 is 0 Å². The summed E-state index contributed by atoms with van der Waals surface area (Å²) in [4.78, 5) is 7.01. The quantitative estimate of drug-likeness (QED) is 0.685. The van der Waals surface area contributed by atoms with Gasteiger partial charge in [-0.1, -0.05) is 32.1 Å². The normalized spacial score (nSPS) is 31.5. The van der Waals surface area contributed by atoms with Gasteiger partial charge in [-0.15, -0.1) is 0 Å². The molecule has 0 spiro atoms. The Morgan fingerprint density at radius 1 is 1.25 bits per heavy atom. The zero-order valence-electron chi connectivity index (χ0n) is 15.1. The highest BCUT2D eigenvalue weighted by atomic mass is 15.3. The molecule has 2 saturated carbocycles. The van der Waals surface area contributed by atoms with E-state index in [1.54, 1.807) is 0 Å². The number of aliphatic imine (C=N–C) groups is 1. The first-order valence-corrected chi connectivity index (χ1v) is 9.71. The lowest BCUT2D eigenvalue weighted by Gasteiger charge is -2.24. The summed E-state index contributed by atoms with van der Waals surface area (Å²) in [5.41, 5.74) is 1.36. The average Bonchev–Trinajstić information content (AvgIpc) is 2.99. The van der Waals surface area contributed by atoms with E-state index in [1.807, 2.05) is 25.0 Å². The van der Waals surface area contributed by atoms with Crippen LogP contribution in [0.3, 0.4) is 0 Å². The van der Waals surface area contributed by atoms with Crippen molar-refractivity contribution in [3.63, 3.8) is 0 Å². The number of rotatable bonds is 3. The minimum Gasteiger partial charge on any atom is -0.353 e. The molecule has 24 heavy (non-hydrogen) atoms. The van der Waals surface area contributed by atoms with E-state index in [1.165, 1.54) is 50.5 Å². The van der Waals surface area contributed by atoms with Gasteiger partial charge in [0.15, 0.2) is 5.96 Å². The monoisotopic (exact) mass is 329 g/mol. The fraction of sp³-hybridized carbons (Fsp3) is 0.789. The van der Waals surface area contributed by atoms with Crippen molar-refractivity contribution in [2.75, 3.05) is 20.1 Å². The van der Waals surface area contributed by atoms with Crippen molar-refractivity contribution in [1.82, 2.24) is 20.0 Å². The van der Waals surface area contributed by atoms with Crippen LogP contribution >= 0.6 is 0 Å². The van der Waals surface area contributed by atoms with Crippen molar-refractivity contribution in [3.8, 4) is 0 Å². The number of hydrogen-bond acceptors (Lipinski definition) is 2. The Morgan fingerprint density at radius 3 is 2.79 bits per heavy atom. The molecule has 2 aliphatic carbocycles. The van der Waals surface area contributed by atoms with Gasteiger partial charge < -0.3 is 10.2 Å². The zero-order valence-corrected chi connectivity index (χ0v) is 15.1. The van der Waals surface area contributed by atoms with Gasteiger partial charge in [0, 0.05) is 45.3 Å². The van der Waals surface area contributed by atoms with E-state index < -0.39 is 0 Å². The molecule has 132 valence electrons. The molecule has 4 rings (SSSR count). The smallest absolute Gasteiger partial charge is 0.193 e. The maximum atomic E-state index is 4.57. The Labute approximate surface area is 145 Å². The van der Waals surface area contributed by atoms with Crippen LogP contribution in [0.4, 0.5) is 0 Å². The van der Waals surface area contributed by atoms with Crippen LogP contribution in [-0.4, -0.2) is 46.8 Å². The molecule has 5 nitrogen and oxygen atoms in total. The van der Waals surface area contributed by atoms with Crippen LogP contribution < -0.4 is 5.32 Å². The summed E-state index contributed by atoms with van der Waals surface area (Å²) in [6.45, 7) is 2.16. The van der Waals surface area contributed by atoms with E-state index in [4.69, 9.17) is 0 Å². The first kappa shape index (κ1) is 16.0. The highest BCUT2D eigenvalue weighted by Crippen LogP contribution is 2.44. The maximum Gasteiger partial charge on any atom is 0.193 e. The molecule has 1 N–H and O–H groups in total. The third-order valence-corrected chi connectivity index (χ3v) is 6.31. The number of nitrogens with zero attached hydrogens (tertiary/aromatic N) is 4. The number of aryl methyl sites for hydroxylation is 1. The number of guanidine groups is 1. The lowest BCUT2D eigenvalue weighted by atomic mass is 9.85. The van der Waals surface area contributed by atoms with E-state index in [0.29, 0.717) is 12.0 Å². The third kappa shape index (κ3) is 3.31. The fourth-order valence-corrected chi connectivity index (χ4v) is 4.80. The zero-order chi connectivity index (χ0) is 16.5. The van der Waals surface area contributed by atoms with Gasteiger partial charge in [0.1, 0.15) is 0 Å². The summed E-state index contributed by atoms with van der Waals surface area (Å²) in [6, 6.07) is 0.671. The van der Waals surface area contributed by atoms with Crippen LogP contribution in [0.1, 0.15) is 56.4 Å². The SMILES string of the molecule is CN=C(N[C@@H]1C[C@@H]1C1CCCCC1)N1CC[C@H](c2cnn(C)c2)C1. The number of hydrogen-bond donors (Lipinski definition) is 1. The van der Waals surface area contributed by atoms with Gasteiger partial charge in [-0.2, -0.15) is 5.10 Å². The minimum atomic E-state index is 0.589. The van der Waals surface area contributed by atoms with Crippen molar-refractivity contribution < 1.29 is 0 Å². The third-order valence-electron chi connectivity index (χ3n) is 6.31. The topological polar surface area (TPSA) is 45.5 Å². The molecule has 5 heteroatoms. The van der Waals surface area contributed by atoms with Gasteiger partial charge in [0.2, 0.25) is 0 Å². The molecule has 0 unspecified atom stereocenters. The van der Waals surface area contributed by atoms with E-state index in [2.05, 4.69) is 26.5 Å². The Balaban J connectivity index is 1.31. The number of aromatic nitrogens is 2. The Morgan fingerprint density at radius 2 is 2.08 bits per heavy atom. The van der Waals surface area contributed by atoms with Gasteiger partial charge in [0.25, 0.3) is 0 Å². The number of likely N-dealkylation sites (tertiary alicyclic amines) is 1. The van der Waals surface area contributed by atoms with Gasteiger partial charge in [-0.05, 0) is 30.2 Å². The Kier molecular flexibility index (Phi) is 4.51. The molecule has 3 fully saturated rings. The Bertz CT molecular complexity index is 586. The molecule has 1 saturated heterocycles. The van der Waals surface area contributed by atoms with Crippen molar-refractivity contribution in [3.05, 3.63) is 18.0 Å². The molecular weight excluding hydrogens is 298 g/mol. The molecule has 0 radical (unpaired) electrons. The van der Waals surface area contributed by atoms with Crippen LogP contribution in [0.15, 0.2) is 17.4 Å². The summed E-state index contributed by atoms with van der Waals surface area (Å²) in [7, 11) is 3.92. The summed E-state index contributed by atoms with van der Waals surface area (Å²) >= 11 is 0. The van der Waals surface area contributed by atoms with E-state index in [-0.39, 0.29) is 0 Å². The van der Waals surface area contributed by atoms with Gasteiger partial charge in [-0.25, -0.2) is 0 Å². The first-order chi connectivity index (χ1) is 11.7. The van der Waals surface area contributed by atoms with Crippen molar-refractivity contribution in [2.45, 2.75) is 56.9 Å². The van der Waals surface area contributed by atoms with Crippen LogP contribution in [0.2, 0.25) is 0 Å². The molecule has 1 aliphatic heterocycles. The fourth-order valence-electron chi connectivity index (χ4n) is 4.80. The lowest BCUT2D eigenvalue weighted by Crippen LogP contribution is -2.41. The molecule has 3 atom stereocenters. The summed E-state index contributed by atoms with van der Waals surface area (Å²) in [5, 5.41) is 8.09. The average molecular weight is 329 g/mol. The first-order valence-electron chi connectivity index (χ1n) is 9.71. The van der Waals surface area contributed by atoms with Gasteiger partial charge in [-0.3, -0.25) is 9.67 Å². The predicted molar refractivity (Wildman–Crippen MR) is 97.1 cm³/mol. The lowest BCUT2D eigenvalue weighted by molar-refractivity contribution is 0.314. The van der Waals surface area contributed by atoms with Crippen LogP contribution in [-0.2, 0) is 7.05 Å². The second-order valence-electron chi connectivity index (χ2n) is 7.97. The summed E-state index contributed by atoms with van der Waals surface area (Å²) in [6.07, 6.45) is 14.0. The summed E-state index contributed by atoms with van der Waals surface area (Å²) in [5.74, 6) is 3.57. The van der Waals surface area contributed by atoms with Crippen LogP contribution in [0.5, 0.6) is 0 Å². The Hall–Kier alpha value is -1.52. The second kappa shape index (κ2) is 6.77. The minimum absolute atomic E-state index is 0.589. The second-order valence-corrected chi connectivity index (χ2v) is 7.97. The highest BCUT2D eigenvalue weighted by molar-refractivity contribution is 5.81. The van der Waals surface area contributed by atoms with Crippen LogP contribution in [0, 0.1) is 11.8 Å². The molecule has 0 aromatic carbocycles. The largest absolute Gasteiger partial charge is 0.353 e. The molecular formula is C19H31N5.